The van der Waals surface area contributed by atoms with Gasteiger partial charge in [0.05, 0.1) is 6.54 Å². The predicted octanol–water partition coefficient (Wildman–Crippen LogP) is 2.31. The highest BCUT2D eigenvalue weighted by atomic mass is 19.3. The molecule has 0 aliphatic heterocycles. The summed E-state index contributed by atoms with van der Waals surface area (Å²) in [6, 6.07) is 6.42. The Bertz CT molecular complexity index is 291. The average molecular weight is 201 g/mol. The van der Waals surface area contributed by atoms with Gasteiger partial charge in [-0.25, -0.2) is 8.78 Å². The summed E-state index contributed by atoms with van der Waals surface area (Å²) in [5.74, 6) is 0.127. The first-order valence-corrected chi connectivity index (χ1v) is 4.40. The van der Waals surface area contributed by atoms with Gasteiger partial charge in [0.15, 0.2) is 0 Å². The van der Waals surface area contributed by atoms with Crippen molar-refractivity contribution in [2.24, 2.45) is 0 Å². The van der Waals surface area contributed by atoms with Crippen LogP contribution < -0.4 is 5.32 Å². The molecule has 1 aromatic rings. The number of aromatic hydroxyl groups is 1. The van der Waals surface area contributed by atoms with Crippen molar-refractivity contribution in [3.8, 4) is 5.75 Å². The van der Waals surface area contributed by atoms with Gasteiger partial charge in [-0.05, 0) is 13.0 Å². The van der Waals surface area contributed by atoms with Crippen molar-refractivity contribution in [3.05, 3.63) is 29.8 Å². The summed E-state index contributed by atoms with van der Waals surface area (Å²) in [7, 11) is 0. The number of halogens is 2. The molecule has 1 rings (SSSR count). The largest absolute Gasteiger partial charge is 0.508 e. The van der Waals surface area contributed by atoms with E-state index in [-0.39, 0.29) is 18.3 Å². The highest BCUT2D eigenvalue weighted by Crippen LogP contribution is 2.22. The molecule has 0 saturated carbocycles. The Morgan fingerprint density at radius 3 is 2.57 bits per heavy atom. The quantitative estimate of drug-likeness (QED) is 0.783. The molecule has 78 valence electrons. The minimum atomic E-state index is -2.37. The van der Waals surface area contributed by atoms with Crippen LogP contribution in [0.15, 0.2) is 24.3 Å². The summed E-state index contributed by atoms with van der Waals surface area (Å²) in [4.78, 5) is 0. The molecule has 0 amide bonds. The molecule has 1 unspecified atom stereocenters. The van der Waals surface area contributed by atoms with E-state index in [2.05, 4.69) is 5.32 Å². The zero-order valence-corrected chi connectivity index (χ0v) is 7.87. The Morgan fingerprint density at radius 2 is 2.00 bits per heavy atom. The zero-order chi connectivity index (χ0) is 10.6. The standard InChI is InChI=1S/C10H13F2NO/c1-7(13-6-10(11)12)8-4-2-3-5-9(8)14/h2-5,7,10,13-14H,6H2,1H3. The molecular formula is C10H13F2NO. The number of phenolic OH excluding ortho intramolecular Hbond substituents is 1. The zero-order valence-electron chi connectivity index (χ0n) is 7.87. The minimum Gasteiger partial charge on any atom is -0.508 e. The number of hydrogen-bond donors (Lipinski definition) is 2. The summed E-state index contributed by atoms with van der Waals surface area (Å²) in [5.41, 5.74) is 0.633. The molecule has 0 aliphatic carbocycles. The molecule has 14 heavy (non-hydrogen) atoms. The van der Waals surface area contributed by atoms with E-state index in [1.165, 1.54) is 6.07 Å². The molecule has 0 radical (unpaired) electrons. The number of para-hydroxylation sites is 1. The average Bonchev–Trinajstić information content (AvgIpc) is 2.15. The Labute approximate surface area is 81.6 Å². The maximum atomic E-state index is 11.9. The lowest BCUT2D eigenvalue weighted by Gasteiger charge is -2.14. The van der Waals surface area contributed by atoms with Crippen LogP contribution in [0.1, 0.15) is 18.5 Å². The molecular weight excluding hydrogens is 188 g/mol. The topological polar surface area (TPSA) is 32.3 Å². The summed E-state index contributed by atoms with van der Waals surface area (Å²) in [5, 5.41) is 12.0. The summed E-state index contributed by atoms with van der Waals surface area (Å²) >= 11 is 0. The third-order valence-electron chi connectivity index (χ3n) is 1.98. The van der Waals surface area contributed by atoms with Gasteiger partial charge in [0, 0.05) is 11.6 Å². The second-order valence-electron chi connectivity index (χ2n) is 3.08. The van der Waals surface area contributed by atoms with Gasteiger partial charge >= 0.3 is 0 Å². The Balaban J connectivity index is 2.60. The molecule has 0 spiro atoms. The second-order valence-corrected chi connectivity index (χ2v) is 3.08. The van der Waals surface area contributed by atoms with Crippen molar-refractivity contribution < 1.29 is 13.9 Å². The van der Waals surface area contributed by atoms with Crippen LogP contribution in [0.5, 0.6) is 5.75 Å². The predicted molar refractivity (Wildman–Crippen MR) is 50.5 cm³/mol. The first-order chi connectivity index (χ1) is 6.61. The third-order valence-corrected chi connectivity index (χ3v) is 1.98. The van der Waals surface area contributed by atoms with Crippen LogP contribution >= 0.6 is 0 Å². The van der Waals surface area contributed by atoms with Gasteiger partial charge in [-0.15, -0.1) is 0 Å². The maximum Gasteiger partial charge on any atom is 0.250 e. The molecule has 0 saturated heterocycles. The van der Waals surface area contributed by atoms with Crippen LogP contribution in [0, 0.1) is 0 Å². The molecule has 1 aromatic carbocycles. The van der Waals surface area contributed by atoms with E-state index >= 15 is 0 Å². The SMILES string of the molecule is CC(NCC(F)F)c1ccccc1O. The fourth-order valence-corrected chi connectivity index (χ4v) is 1.23. The van der Waals surface area contributed by atoms with Crippen LogP contribution in [0.4, 0.5) is 8.78 Å². The fourth-order valence-electron chi connectivity index (χ4n) is 1.23. The van der Waals surface area contributed by atoms with Crippen molar-refractivity contribution >= 4 is 0 Å². The van der Waals surface area contributed by atoms with Gasteiger partial charge in [0.1, 0.15) is 5.75 Å². The molecule has 4 heteroatoms. The van der Waals surface area contributed by atoms with Gasteiger partial charge in [-0.3, -0.25) is 0 Å². The monoisotopic (exact) mass is 201 g/mol. The normalized spacial score (nSPS) is 13.1. The lowest BCUT2D eigenvalue weighted by atomic mass is 10.1. The summed E-state index contributed by atoms with van der Waals surface area (Å²) in [6.45, 7) is 1.37. The van der Waals surface area contributed by atoms with Gasteiger partial charge in [-0.2, -0.15) is 0 Å². The molecule has 0 fully saturated rings. The van der Waals surface area contributed by atoms with Crippen LogP contribution in [0.2, 0.25) is 0 Å². The van der Waals surface area contributed by atoms with Crippen molar-refractivity contribution in [1.82, 2.24) is 5.32 Å². The molecule has 2 nitrogen and oxygen atoms in total. The Kier molecular flexibility index (Phi) is 3.83. The minimum absolute atomic E-state index is 0.127. The van der Waals surface area contributed by atoms with Crippen LogP contribution in [0.3, 0.4) is 0 Å². The molecule has 0 bridgehead atoms. The van der Waals surface area contributed by atoms with E-state index in [1.54, 1.807) is 25.1 Å². The van der Waals surface area contributed by atoms with Crippen molar-refractivity contribution in [1.29, 1.82) is 0 Å². The van der Waals surface area contributed by atoms with Gasteiger partial charge in [-0.1, -0.05) is 18.2 Å². The molecule has 1 atom stereocenters. The van der Waals surface area contributed by atoms with Crippen LogP contribution in [-0.2, 0) is 0 Å². The summed E-state index contributed by atoms with van der Waals surface area (Å²) in [6.07, 6.45) is -2.37. The lowest BCUT2D eigenvalue weighted by molar-refractivity contribution is 0.142. The maximum absolute atomic E-state index is 11.9. The Hall–Kier alpha value is -1.16. The van der Waals surface area contributed by atoms with Crippen molar-refractivity contribution in [2.45, 2.75) is 19.4 Å². The molecule has 0 heterocycles. The van der Waals surface area contributed by atoms with E-state index in [4.69, 9.17) is 0 Å². The highest BCUT2D eigenvalue weighted by molar-refractivity contribution is 5.34. The van der Waals surface area contributed by atoms with Crippen molar-refractivity contribution in [3.63, 3.8) is 0 Å². The van der Waals surface area contributed by atoms with E-state index in [9.17, 15) is 13.9 Å². The number of nitrogens with one attached hydrogen (secondary N) is 1. The highest BCUT2D eigenvalue weighted by Gasteiger charge is 2.10. The van der Waals surface area contributed by atoms with Crippen LogP contribution in [0.25, 0.3) is 0 Å². The van der Waals surface area contributed by atoms with E-state index in [1.807, 2.05) is 0 Å². The first kappa shape index (κ1) is 10.9. The van der Waals surface area contributed by atoms with E-state index < -0.39 is 6.43 Å². The van der Waals surface area contributed by atoms with Crippen LogP contribution in [-0.4, -0.2) is 18.1 Å². The Morgan fingerprint density at radius 1 is 1.36 bits per heavy atom. The van der Waals surface area contributed by atoms with Gasteiger partial charge in [0.2, 0.25) is 0 Å². The van der Waals surface area contributed by atoms with Crippen molar-refractivity contribution in [2.75, 3.05) is 6.54 Å². The third kappa shape index (κ3) is 2.96. The number of benzene rings is 1. The van der Waals surface area contributed by atoms with Gasteiger partial charge < -0.3 is 10.4 Å². The van der Waals surface area contributed by atoms with E-state index in [0.29, 0.717) is 5.56 Å². The smallest absolute Gasteiger partial charge is 0.250 e. The number of phenols is 1. The second kappa shape index (κ2) is 4.91. The fraction of sp³-hybridized carbons (Fsp3) is 0.400. The number of hydrogen-bond acceptors (Lipinski definition) is 2. The van der Waals surface area contributed by atoms with E-state index in [0.717, 1.165) is 0 Å². The number of rotatable bonds is 4. The summed E-state index contributed by atoms with van der Waals surface area (Å²) < 4.78 is 23.8. The number of alkyl halides is 2. The molecule has 0 aromatic heterocycles. The molecule has 2 N–H and O–H groups in total. The molecule has 0 aliphatic rings. The first-order valence-electron chi connectivity index (χ1n) is 4.40. The van der Waals surface area contributed by atoms with Gasteiger partial charge in [0.25, 0.3) is 6.43 Å². The lowest BCUT2D eigenvalue weighted by Crippen LogP contribution is -2.24.